The number of fused-ring (bicyclic) bond motifs is 1. The number of ether oxygens (including phenoxy) is 1. The summed E-state index contributed by atoms with van der Waals surface area (Å²) < 4.78 is 65.4. The first-order valence-electron chi connectivity index (χ1n) is 14.1. The van der Waals surface area contributed by atoms with Gasteiger partial charge in [-0.25, -0.2) is 17.6 Å². The molecule has 3 aromatic rings. The predicted molar refractivity (Wildman–Crippen MR) is 143 cm³/mol. The zero-order chi connectivity index (χ0) is 26.6. The lowest BCUT2D eigenvalue weighted by molar-refractivity contribution is 0.113. The van der Waals surface area contributed by atoms with Crippen molar-refractivity contribution in [3.05, 3.63) is 89.0 Å². The third-order valence-corrected chi connectivity index (χ3v) is 8.74. The first-order chi connectivity index (χ1) is 18.4. The van der Waals surface area contributed by atoms with Gasteiger partial charge in [0.1, 0.15) is 18.2 Å². The van der Waals surface area contributed by atoms with Crippen molar-refractivity contribution in [1.82, 2.24) is 0 Å². The fourth-order valence-corrected chi connectivity index (χ4v) is 6.72. The van der Waals surface area contributed by atoms with Gasteiger partial charge in [-0.3, -0.25) is 0 Å². The third kappa shape index (κ3) is 5.92. The van der Waals surface area contributed by atoms with E-state index in [1.165, 1.54) is 50.7 Å². The number of unbranched alkanes of at least 4 members (excludes halogenated alkanes) is 1. The Hall–Kier alpha value is -2.82. The summed E-state index contributed by atoms with van der Waals surface area (Å²) in [6.07, 6.45) is 10.6. The van der Waals surface area contributed by atoms with Crippen LogP contribution < -0.4 is 4.74 Å². The molecule has 3 aromatic carbocycles. The molecule has 2 aliphatic carbocycles. The fraction of sp³-hybridized carbons (Fsp3) is 0.455. The molecule has 2 aliphatic rings. The van der Waals surface area contributed by atoms with Crippen LogP contribution in [0.4, 0.5) is 17.6 Å². The summed E-state index contributed by atoms with van der Waals surface area (Å²) in [5, 5.41) is 0. The van der Waals surface area contributed by atoms with Crippen LogP contribution in [0.2, 0.25) is 0 Å². The summed E-state index contributed by atoms with van der Waals surface area (Å²) in [7, 11) is 0. The van der Waals surface area contributed by atoms with Crippen molar-refractivity contribution in [2.75, 3.05) is 0 Å². The molecule has 4 unspecified atom stereocenters. The van der Waals surface area contributed by atoms with E-state index in [0.29, 0.717) is 11.5 Å². The maximum absolute atomic E-state index is 15.3. The Balaban J connectivity index is 1.29. The molecule has 2 saturated carbocycles. The Morgan fingerprint density at radius 2 is 1.42 bits per heavy atom. The quantitative estimate of drug-likeness (QED) is 0.266. The maximum atomic E-state index is 15.3. The second kappa shape index (κ2) is 11.9. The Morgan fingerprint density at radius 1 is 0.763 bits per heavy atom. The molecule has 0 saturated heterocycles. The molecule has 0 heterocycles. The molecular weight excluding hydrogens is 488 g/mol. The average Bonchev–Trinajstić information content (AvgIpc) is 2.91. The van der Waals surface area contributed by atoms with E-state index in [-0.39, 0.29) is 18.1 Å². The van der Waals surface area contributed by atoms with E-state index in [2.05, 4.69) is 6.92 Å². The lowest BCUT2D eigenvalue weighted by Gasteiger charge is -2.42. The second-order valence-electron chi connectivity index (χ2n) is 11.3. The van der Waals surface area contributed by atoms with Crippen LogP contribution in [0.1, 0.15) is 81.8 Å². The number of hydrogen-bond donors (Lipinski definition) is 0. The predicted octanol–water partition coefficient (Wildman–Crippen LogP) is 9.98. The molecule has 5 rings (SSSR count). The van der Waals surface area contributed by atoms with Gasteiger partial charge < -0.3 is 4.74 Å². The molecule has 0 amide bonds. The van der Waals surface area contributed by atoms with Gasteiger partial charge in [0.15, 0.2) is 17.4 Å². The van der Waals surface area contributed by atoms with Gasteiger partial charge in [0.2, 0.25) is 0 Å². The Labute approximate surface area is 223 Å². The zero-order valence-electron chi connectivity index (χ0n) is 22.0. The Morgan fingerprint density at radius 3 is 2.11 bits per heavy atom. The molecule has 0 aromatic heterocycles. The molecule has 4 atom stereocenters. The Kier molecular flexibility index (Phi) is 8.40. The van der Waals surface area contributed by atoms with Crippen molar-refractivity contribution in [3.8, 4) is 16.9 Å². The molecule has 0 N–H and O–H groups in total. The number of hydrogen-bond acceptors (Lipinski definition) is 1. The van der Waals surface area contributed by atoms with Crippen molar-refractivity contribution in [1.29, 1.82) is 0 Å². The van der Waals surface area contributed by atoms with E-state index in [1.54, 1.807) is 24.3 Å². The van der Waals surface area contributed by atoms with Crippen LogP contribution in [0.15, 0.2) is 54.6 Å². The molecule has 0 radical (unpaired) electrons. The van der Waals surface area contributed by atoms with Gasteiger partial charge in [0.05, 0.1) is 5.56 Å². The minimum atomic E-state index is -0.994. The number of rotatable bonds is 8. The number of benzene rings is 3. The van der Waals surface area contributed by atoms with Gasteiger partial charge in [0, 0.05) is 0 Å². The van der Waals surface area contributed by atoms with E-state index in [4.69, 9.17) is 4.74 Å². The van der Waals surface area contributed by atoms with Crippen LogP contribution in [0.3, 0.4) is 0 Å². The summed E-state index contributed by atoms with van der Waals surface area (Å²) >= 11 is 0. The van der Waals surface area contributed by atoms with Gasteiger partial charge in [-0.2, -0.15) is 0 Å². The van der Waals surface area contributed by atoms with Crippen LogP contribution in [0.5, 0.6) is 5.75 Å². The molecule has 202 valence electrons. The SMILES string of the molecule is CCCCC1CCC2CC(c3cc(F)c(-c4cc(F)c(OCc5ccccc5)c(F)c4)c(F)c3)CCC2C1. The monoisotopic (exact) mass is 524 g/mol. The van der Waals surface area contributed by atoms with Crippen molar-refractivity contribution in [2.45, 2.75) is 77.2 Å². The summed E-state index contributed by atoms with van der Waals surface area (Å²) in [6.45, 7) is 2.22. The Bertz CT molecular complexity index is 1190. The van der Waals surface area contributed by atoms with Crippen molar-refractivity contribution in [2.24, 2.45) is 17.8 Å². The van der Waals surface area contributed by atoms with Crippen molar-refractivity contribution in [3.63, 3.8) is 0 Å². The van der Waals surface area contributed by atoms with E-state index in [0.717, 1.165) is 48.8 Å². The minimum absolute atomic E-state index is 0.0198. The maximum Gasteiger partial charge on any atom is 0.191 e. The van der Waals surface area contributed by atoms with Crippen molar-refractivity contribution < 1.29 is 22.3 Å². The highest BCUT2D eigenvalue weighted by Gasteiger charge is 2.36. The van der Waals surface area contributed by atoms with E-state index >= 15 is 8.78 Å². The lowest BCUT2D eigenvalue weighted by Crippen LogP contribution is -2.30. The van der Waals surface area contributed by atoms with Crippen LogP contribution in [-0.4, -0.2) is 0 Å². The lowest BCUT2D eigenvalue weighted by atomic mass is 9.63. The number of halogens is 4. The van der Waals surface area contributed by atoms with Crippen LogP contribution >= 0.6 is 0 Å². The van der Waals surface area contributed by atoms with Crippen molar-refractivity contribution >= 4 is 0 Å². The molecule has 1 nitrogen and oxygen atoms in total. The summed E-state index contributed by atoms with van der Waals surface area (Å²) in [5.41, 5.74) is 0.815. The van der Waals surface area contributed by atoms with Gasteiger partial charge in [-0.05, 0) is 96.7 Å². The van der Waals surface area contributed by atoms with Crippen LogP contribution in [0.25, 0.3) is 11.1 Å². The fourth-order valence-electron chi connectivity index (χ4n) is 6.72. The van der Waals surface area contributed by atoms with Gasteiger partial charge in [-0.1, -0.05) is 62.9 Å². The average molecular weight is 525 g/mol. The summed E-state index contributed by atoms with van der Waals surface area (Å²) in [4.78, 5) is 0. The highest BCUT2D eigenvalue weighted by Crippen LogP contribution is 2.49. The third-order valence-electron chi connectivity index (χ3n) is 8.74. The van der Waals surface area contributed by atoms with Crippen LogP contribution in [-0.2, 0) is 6.61 Å². The smallest absolute Gasteiger partial charge is 0.191 e. The normalized spacial score (nSPS) is 23.2. The molecule has 2 fully saturated rings. The first kappa shape index (κ1) is 26.8. The topological polar surface area (TPSA) is 9.23 Å². The first-order valence-corrected chi connectivity index (χ1v) is 14.1. The van der Waals surface area contributed by atoms with Gasteiger partial charge in [0.25, 0.3) is 0 Å². The molecule has 0 bridgehead atoms. The van der Waals surface area contributed by atoms with E-state index in [9.17, 15) is 8.78 Å². The second-order valence-corrected chi connectivity index (χ2v) is 11.3. The molecule has 0 aliphatic heterocycles. The zero-order valence-corrected chi connectivity index (χ0v) is 22.0. The highest BCUT2D eigenvalue weighted by molar-refractivity contribution is 5.66. The largest absolute Gasteiger partial charge is 0.483 e. The molecular formula is C33H36F4O. The van der Waals surface area contributed by atoms with E-state index < -0.39 is 34.6 Å². The summed E-state index contributed by atoms with van der Waals surface area (Å²) in [6, 6.07) is 13.6. The highest BCUT2D eigenvalue weighted by atomic mass is 19.1. The van der Waals surface area contributed by atoms with Crippen LogP contribution in [0, 0.1) is 41.0 Å². The molecule has 38 heavy (non-hydrogen) atoms. The molecule has 0 spiro atoms. The van der Waals surface area contributed by atoms with Gasteiger partial charge >= 0.3 is 0 Å². The standard InChI is InChI=1S/C33H36F4O/c1-2-3-7-21-10-11-24-15-25(13-12-23(24)14-21)26-16-28(34)32(29(35)17-26)27-18-30(36)33(31(37)19-27)38-20-22-8-5-4-6-9-22/h4-6,8-9,16-19,21,23-25H,2-3,7,10-15,20H2,1H3. The van der Waals surface area contributed by atoms with Gasteiger partial charge in [-0.15, -0.1) is 0 Å². The summed E-state index contributed by atoms with van der Waals surface area (Å²) in [5.74, 6) is -1.84. The molecule has 5 heteroatoms. The van der Waals surface area contributed by atoms with E-state index in [1.807, 2.05) is 6.07 Å². The minimum Gasteiger partial charge on any atom is -0.483 e.